The molecule has 0 bridgehead atoms. The van der Waals surface area contributed by atoms with Crippen LogP contribution in [0.5, 0.6) is 0 Å². The van der Waals surface area contributed by atoms with E-state index in [2.05, 4.69) is 39.0 Å². The average Bonchev–Trinajstić information content (AvgIpc) is 2.30. The van der Waals surface area contributed by atoms with Gasteiger partial charge in [0.05, 0.1) is 6.10 Å². The van der Waals surface area contributed by atoms with Crippen LogP contribution in [0.3, 0.4) is 0 Å². The number of aliphatic hydroxyl groups excluding tert-OH is 1. The Bertz CT molecular complexity index is 349. The summed E-state index contributed by atoms with van der Waals surface area (Å²) in [6, 6.07) is 6.39. The summed E-state index contributed by atoms with van der Waals surface area (Å²) in [6.45, 7) is 6.31. The van der Waals surface area contributed by atoms with Crippen molar-refractivity contribution in [2.45, 2.75) is 58.6 Å². The summed E-state index contributed by atoms with van der Waals surface area (Å²) >= 11 is 0. The number of aryl methyl sites for hydroxylation is 3. The van der Waals surface area contributed by atoms with Gasteiger partial charge in [-0.2, -0.15) is 0 Å². The average molecular weight is 235 g/mol. The lowest BCUT2D eigenvalue weighted by atomic mass is 9.96. The third-order valence-electron chi connectivity index (χ3n) is 3.33. The Hall–Kier alpha value is -0.860. The highest BCUT2D eigenvalue weighted by molar-refractivity contribution is 5.30. The van der Waals surface area contributed by atoms with Gasteiger partial charge in [-0.05, 0) is 44.2 Å². The quantitative estimate of drug-likeness (QED) is 0.796. The zero-order valence-corrected chi connectivity index (χ0v) is 11.2. The number of hydrogen-bond acceptors (Lipinski definition) is 2. The van der Waals surface area contributed by atoms with Gasteiger partial charge < -0.3 is 10.8 Å². The molecule has 1 rings (SSSR count). The van der Waals surface area contributed by atoms with E-state index in [-0.39, 0.29) is 12.1 Å². The first-order chi connectivity index (χ1) is 8.04. The van der Waals surface area contributed by atoms with Crippen molar-refractivity contribution in [1.29, 1.82) is 0 Å². The van der Waals surface area contributed by atoms with Crippen LogP contribution in [0, 0.1) is 13.8 Å². The van der Waals surface area contributed by atoms with Gasteiger partial charge in [-0.15, -0.1) is 0 Å². The van der Waals surface area contributed by atoms with E-state index >= 15 is 0 Å². The van der Waals surface area contributed by atoms with Crippen molar-refractivity contribution in [3.63, 3.8) is 0 Å². The molecule has 3 N–H and O–H groups in total. The van der Waals surface area contributed by atoms with E-state index in [1.807, 2.05) is 0 Å². The van der Waals surface area contributed by atoms with Gasteiger partial charge in [0.25, 0.3) is 0 Å². The minimum atomic E-state index is -0.380. The predicted octanol–water partition coefficient (Wildman–Crippen LogP) is 2.72. The van der Waals surface area contributed by atoms with Crippen LogP contribution in [-0.4, -0.2) is 17.3 Å². The van der Waals surface area contributed by atoms with E-state index in [0.29, 0.717) is 0 Å². The smallest absolute Gasteiger partial charge is 0.0694 e. The molecule has 96 valence electrons. The lowest BCUT2D eigenvalue weighted by Crippen LogP contribution is -2.34. The van der Waals surface area contributed by atoms with E-state index in [4.69, 9.17) is 5.73 Å². The first-order valence-electron chi connectivity index (χ1n) is 6.54. The number of benzene rings is 1. The summed E-state index contributed by atoms with van der Waals surface area (Å²) in [6.07, 6.45) is 3.21. The first kappa shape index (κ1) is 14.2. The fourth-order valence-corrected chi connectivity index (χ4v) is 2.11. The van der Waals surface area contributed by atoms with Crippen molar-refractivity contribution >= 4 is 0 Å². The van der Waals surface area contributed by atoms with Crippen LogP contribution >= 0.6 is 0 Å². The van der Waals surface area contributed by atoms with Crippen LogP contribution in [0.4, 0.5) is 0 Å². The molecular formula is C15H25NO. The lowest BCUT2D eigenvalue weighted by Gasteiger charge is -2.18. The molecule has 0 radical (unpaired) electrons. The molecule has 0 amide bonds. The van der Waals surface area contributed by atoms with Gasteiger partial charge in [0.1, 0.15) is 0 Å². The van der Waals surface area contributed by atoms with Gasteiger partial charge in [-0.3, -0.25) is 0 Å². The molecule has 0 saturated carbocycles. The van der Waals surface area contributed by atoms with E-state index in [1.165, 1.54) is 16.7 Å². The zero-order chi connectivity index (χ0) is 12.8. The molecule has 1 aromatic rings. The van der Waals surface area contributed by atoms with Crippen LogP contribution in [0.25, 0.3) is 0 Å². The number of nitrogens with two attached hydrogens (primary N) is 1. The fraction of sp³-hybridized carbons (Fsp3) is 0.600. The summed E-state index contributed by atoms with van der Waals surface area (Å²) in [5.41, 5.74) is 9.81. The Morgan fingerprint density at radius 2 is 1.94 bits per heavy atom. The summed E-state index contributed by atoms with van der Waals surface area (Å²) in [4.78, 5) is 0. The minimum Gasteiger partial charge on any atom is -0.392 e. The van der Waals surface area contributed by atoms with Crippen molar-refractivity contribution < 1.29 is 5.11 Å². The molecule has 17 heavy (non-hydrogen) atoms. The molecule has 2 unspecified atom stereocenters. The van der Waals surface area contributed by atoms with Crippen LogP contribution in [-0.2, 0) is 6.42 Å². The van der Waals surface area contributed by atoms with Crippen LogP contribution in [0.15, 0.2) is 18.2 Å². The number of rotatable bonds is 6. The van der Waals surface area contributed by atoms with Gasteiger partial charge in [-0.1, -0.05) is 37.1 Å². The Balaban J connectivity index is 2.52. The van der Waals surface area contributed by atoms with Gasteiger partial charge in [0.15, 0.2) is 0 Å². The Morgan fingerprint density at radius 1 is 1.24 bits per heavy atom. The van der Waals surface area contributed by atoms with Crippen molar-refractivity contribution in [1.82, 2.24) is 0 Å². The highest BCUT2D eigenvalue weighted by atomic mass is 16.3. The van der Waals surface area contributed by atoms with E-state index < -0.39 is 0 Å². The molecule has 0 heterocycles. The van der Waals surface area contributed by atoms with Crippen LogP contribution in [0.1, 0.15) is 42.9 Å². The molecule has 0 aliphatic heterocycles. The second kappa shape index (κ2) is 6.77. The SMILES string of the molecule is CCCC(N)C(O)CCc1cc(C)ccc1C. The second-order valence-corrected chi connectivity index (χ2v) is 4.99. The van der Waals surface area contributed by atoms with Gasteiger partial charge >= 0.3 is 0 Å². The van der Waals surface area contributed by atoms with E-state index in [9.17, 15) is 5.11 Å². The van der Waals surface area contributed by atoms with Crippen molar-refractivity contribution in [3.8, 4) is 0 Å². The maximum absolute atomic E-state index is 9.95. The van der Waals surface area contributed by atoms with Gasteiger partial charge in [0.2, 0.25) is 0 Å². The van der Waals surface area contributed by atoms with Crippen molar-refractivity contribution in [2.75, 3.05) is 0 Å². The topological polar surface area (TPSA) is 46.2 Å². The molecule has 0 saturated heterocycles. The fourth-order valence-electron chi connectivity index (χ4n) is 2.11. The Kier molecular flexibility index (Phi) is 5.66. The molecule has 1 aromatic carbocycles. The summed E-state index contributed by atoms with van der Waals surface area (Å²) in [7, 11) is 0. The normalized spacial score (nSPS) is 14.6. The standard InChI is InChI=1S/C15H25NO/c1-4-5-14(16)15(17)9-8-13-10-11(2)6-7-12(13)3/h6-7,10,14-15,17H,4-5,8-9,16H2,1-3H3. The molecule has 0 aliphatic rings. The first-order valence-corrected chi connectivity index (χ1v) is 6.54. The van der Waals surface area contributed by atoms with Crippen LogP contribution < -0.4 is 5.73 Å². The predicted molar refractivity (Wildman–Crippen MR) is 73.1 cm³/mol. The number of aliphatic hydroxyl groups is 1. The molecule has 0 fully saturated rings. The second-order valence-electron chi connectivity index (χ2n) is 4.99. The molecule has 0 aliphatic carbocycles. The van der Waals surface area contributed by atoms with E-state index in [1.54, 1.807) is 0 Å². The Morgan fingerprint density at radius 3 is 2.59 bits per heavy atom. The van der Waals surface area contributed by atoms with Crippen LogP contribution in [0.2, 0.25) is 0 Å². The summed E-state index contributed by atoms with van der Waals surface area (Å²) < 4.78 is 0. The highest BCUT2D eigenvalue weighted by Crippen LogP contribution is 2.15. The molecule has 0 spiro atoms. The van der Waals surface area contributed by atoms with Crippen molar-refractivity contribution in [2.24, 2.45) is 5.73 Å². The summed E-state index contributed by atoms with van der Waals surface area (Å²) in [5.74, 6) is 0. The molecule has 0 aromatic heterocycles. The third-order valence-corrected chi connectivity index (χ3v) is 3.33. The number of hydrogen-bond donors (Lipinski definition) is 2. The van der Waals surface area contributed by atoms with Gasteiger partial charge in [0, 0.05) is 6.04 Å². The largest absolute Gasteiger partial charge is 0.392 e. The molecule has 2 nitrogen and oxygen atoms in total. The molecular weight excluding hydrogens is 210 g/mol. The minimum absolute atomic E-state index is 0.0786. The highest BCUT2D eigenvalue weighted by Gasteiger charge is 2.13. The maximum atomic E-state index is 9.95. The van der Waals surface area contributed by atoms with Gasteiger partial charge in [-0.25, -0.2) is 0 Å². The Labute approximate surface area is 105 Å². The molecule has 2 heteroatoms. The maximum Gasteiger partial charge on any atom is 0.0694 e. The van der Waals surface area contributed by atoms with E-state index in [0.717, 1.165) is 25.7 Å². The molecule has 2 atom stereocenters. The van der Waals surface area contributed by atoms with Crippen molar-refractivity contribution in [3.05, 3.63) is 34.9 Å². The monoisotopic (exact) mass is 235 g/mol. The third kappa shape index (κ3) is 4.49. The lowest BCUT2D eigenvalue weighted by molar-refractivity contribution is 0.131. The summed E-state index contributed by atoms with van der Waals surface area (Å²) in [5, 5.41) is 9.95. The zero-order valence-electron chi connectivity index (χ0n) is 11.2.